The average Bonchev–Trinajstić information content (AvgIpc) is 3.39. The first-order chi connectivity index (χ1) is 17.5. The lowest BCUT2D eigenvalue weighted by Gasteiger charge is -2.14. The third kappa shape index (κ3) is 4.39. The lowest BCUT2D eigenvalue weighted by atomic mass is 10.1. The Hall–Kier alpha value is -4.98. The third-order valence-electron chi connectivity index (χ3n) is 5.78. The van der Waals surface area contributed by atoms with Crippen LogP contribution in [0.1, 0.15) is 16.1 Å². The molecule has 0 saturated carbocycles. The van der Waals surface area contributed by atoms with Crippen LogP contribution in [0, 0.1) is 0 Å². The molecule has 5 rings (SSSR count). The van der Waals surface area contributed by atoms with Crippen molar-refractivity contribution < 1.29 is 18.7 Å². The minimum absolute atomic E-state index is 0.0193. The van der Waals surface area contributed by atoms with Gasteiger partial charge in [0.2, 0.25) is 0 Å². The summed E-state index contributed by atoms with van der Waals surface area (Å²) in [7, 11) is 1.33. The number of pyridine rings is 1. The molecule has 0 spiro atoms. The summed E-state index contributed by atoms with van der Waals surface area (Å²) >= 11 is 0. The summed E-state index contributed by atoms with van der Waals surface area (Å²) in [6.45, 7) is -0.0193. The van der Waals surface area contributed by atoms with Crippen LogP contribution >= 0.6 is 0 Å². The van der Waals surface area contributed by atoms with E-state index in [0.717, 1.165) is 5.56 Å². The number of amides is 1. The zero-order valence-electron chi connectivity index (χ0n) is 19.3. The molecule has 8 nitrogen and oxygen atoms in total. The highest BCUT2D eigenvalue weighted by molar-refractivity contribution is 5.95. The van der Waals surface area contributed by atoms with Crippen molar-refractivity contribution in [3.05, 3.63) is 106 Å². The van der Waals surface area contributed by atoms with Crippen LogP contribution in [0.3, 0.4) is 0 Å². The quantitative estimate of drug-likeness (QED) is 0.169. The maximum Gasteiger partial charge on any atom is 0.337 e. The second-order valence-electron chi connectivity index (χ2n) is 8.01. The molecule has 0 aliphatic carbocycles. The van der Waals surface area contributed by atoms with Gasteiger partial charge in [0.25, 0.3) is 5.91 Å². The van der Waals surface area contributed by atoms with Gasteiger partial charge in [0.15, 0.2) is 5.43 Å². The maximum atomic E-state index is 12.9. The number of rotatable bonds is 6. The number of hydrogen-bond acceptors (Lipinski definition) is 6. The van der Waals surface area contributed by atoms with E-state index in [0.29, 0.717) is 38.9 Å². The van der Waals surface area contributed by atoms with Gasteiger partial charge < -0.3 is 13.7 Å². The normalized spacial score (nSPS) is 11.2. The number of esters is 1. The smallest absolute Gasteiger partial charge is 0.337 e. The molecule has 5 aromatic rings. The molecule has 36 heavy (non-hydrogen) atoms. The number of furan rings is 1. The van der Waals surface area contributed by atoms with E-state index >= 15 is 0 Å². The Balaban J connectivity index is 1.31. The van der Waals surface area contributed by atoms with Gasteiger partial charge in [-0.15, -0.1) is 0 Å². The van der Waals surface area contributed by atoms with Crippen LogP contribution in [0.5, 0.6) is 0 Å². The molecule has 1 N–H and O–H groups in total. The first kappa shape index (κ1) is 22.8. The number of carbonyl (C=O) groups is 2. The number of para-hydroxylation sites is 2. The second-order valence-corrected chi connectivity index (χ2v) is 8.01. The van der Waals surface area contributed by atoms with E-state index < -0.39 is 5.97 Å². The lowest BCUT2D eigenvalue weighted by molar-refractivity contribution is -0.121. The van der Waals surface area contributed by atoms with Crippen molar-refractivity contribution in [3.8, 4) is 11.3 Å². The first-order valence-electron chi connectivity index (χ1n) is 11.2. The molecule has 178 valence electrons. The first-order valence-corrected chi connectivity index (χ1v) is 11.2. The Kier molecular flexibility index (Phi) is 6.15. The van der Waals surface area contributed by atoms with Crippen LogP contribution in [0.15, 0.2) is 99.2 Å². The Morgan fingerprint density at radius 3 is 2.19 bits per heavy atom. The Labute approximate surface area is 205 Å². The number of fused-ring (bicyclic) bond motifs is 2. The number of nitrogens with zero attached hydrogens (tertiary/aromatic N) is 2. The van der Waals surface area contributed by atoms with Crippen LogP contribution in [0.2, 0.25) is 0 Å². The highest BCUT2D eigenvalue weighted by atomic mass is 16.5. The maximum absolute atomic E-state index is 12.9. The van der Waals surface area contributed by atoms with Gasteiger partial charge in [0.05, 0.1) is 29.9 Å². The van der Waals surface area contributed by atoms with Gasteiger partial charge in [0.1, 0.15) is 18.1 Å². The molecule has 0 aliphatic rings. The third-order valence-corrected chi connectivity index (χ3v) is 5.78. The molecular formula is C28H21N3O5. The van der Waals surface area contributed by atoms with Crippen molar-refractivity contribution in [2.24, 2.45) is 5.10 Å². The number of nitrogens with one attached hydrogen (secondary N) is 1. The molecule has 0 unspecified atom stereocenters. The van der Waals surface area contributed by atoms with E-state index in [2.05, 4.69) is 10.5 Å². The topological polar surface area (TPSA) is 103 Å². The van der Waals surface area contributed by atoms with E-state index in [1.807, 2.05) is 24.3 Å². The number of hydrazone groups is 1. The SMILES string of the molecule is COC(=O)c1ccc(-c2ccc(/C=N\NC(=O)Cn3c4ccccc4c(=O)c4ccccc43)o2)cc1. The Bertz CT molecular complexity index is 1620. The fourth-order valence-corrected chi connectivity index (χ4v) is 4.06. The summed E-state index contributed by atoms with van der Waals surface area (Å²) in [5, 5.41) is 5.12. The van der Waals surface area contributed by atoms with Crippen molar-refractivity contribution in [1.82, 2.24) is 9.99 Å². The fraction of sp³-hybridized carbons (Fsp3) is 0.0714. The van der Waals surface area contributed by atoms with Crippen molar-refractivity contribution >= 4 is 39.9 Å². The summed E-state index contributed by atoms with van der Waals surface area (Å²) in [5.74, 6) is 0.273. The predicted octanol–water partition coefficient (Wildman–Crippen LogP) is 4.35. The van der Waals surface area contributed by atoms with Crippen LogP contribution in [0.4, 0.5) is 0 Å². The van der Waals surface area contributed by atoms with Gasteiger partial charge in [-0.25, -0.2) is 10.2 Å². The largest absolute Gasteiger partial charge is 0.465 e. The van der Waals surface area contributed by atoms with Gasteiger partial charge >= 0.3 is 5.97 Å². The van der Waals surface area contributed by atoms with Crippen molar-refractivity contribution in [2.45, 2.75) is 6.54 Å². The summed E-state index contributed by atoms with van der Waals surface area (Å²) in [6.07, 6.45) is 1.41. The molecule has 0 atom stereocenters. The van der Waals surface area contributed by atoms with Crippen molar-refractivity contribution in [1.29, 1.82) is 0 Å². The number of hydrogen-bond donors (Lipinski definition) is 1. The highest BCUT2D eigenvalue weighted by Crippen LogP contribution is 2.22. The molecule has 2 heterocycles. The van der Waals surface area contributed by atoms with E-state index in [4.69, 9.17) is 9.15 Å². The summed E-state index contributed by atoms with van der Waals surface area (Å²) < 4.78 is 12.3. The monoisotopic (exact) mass is 479 g/mol. The summed E-state index contributed by atoms with van der Waals surface area (Å²) in [6, 6.07) is 24.8. The molecule has 8 heteroatoms. The number of ether oxygens (including phenoxy) is 1. The second kappa shape index (κ2) is 9.71. The van der Waals surface area contributed by atoms with Gasteiger partial charge in [0, 0.05) is 16.3 Å². The van der Waals surface area contributed by atoms with Crippen LogP contribution < -0.4 is 10.9 Å². The molecule has 0 radical (unpaired) electrons. The fourth-order valence-electron chi connectivity index (χ4n) is 4.06. The van der Waals surface area contributed by atoms with Gasteiger partial charge in [-0.3, -0.25) is 9.59 Å². The molecule has 2 aromatic heterocycles. The minimum Gasteiger partial charge on any atom is -0.465 e. The van der Waals surface area contributed by atoms with Crippen LogP contribution in [-0.2, 0) is 16.1 Å². The number of carbonyl (C=O) groups excluding carboxylic acids is 2. The van der Waals surface area contributed by atoms with E-state index in [1.54, 1.807) is 65.2 Å². The molecule has 0 saturated heterocycles. The Morgan fingerprint density at radius 1 is 0.917 bits per heavy atom. The number of methoxy groups -OCH3 is 1. The van der Waals surface area contributed by atoms with Gasteiger partial charge in [-0.2, -0.15) is 5.10 Å². The molecule has 3 aromatic carbocycles. The molecular weight excluding hydrogens is 458 g/mol. The van der Waals surface area contributed by atoms with E-state index in [1.165, 1.54) is 13.3 Å². The van der Waals surface area contributed by atoms with Gasteiger partial charge in [-0.05, 0) is 48.5 Å². The zero-order valence-corrected chi connectivity index (χ0v) is 19.3. The standard InChI is InChI=1S/C28H21N3O5/c1-35-28(34)19-12-10-18(11-13-19)25-15-14-20(36-25)16-29-30-26(32)17-31-23-8-4-2-6-21(23)27(33)22-7-3-5-9-24(22)31/h2-16H,17H2,1H3,(H,30,32)/b29-16-. The predicted molar refractivity (Wildman–Crippen MR) is 137 cm³/mol. The van der Waals surface area contributed by atoms with Crippen LogP contribution in [-0.4, -0.2) is 29.8 Å². The van der Waals surface area contributed by atoms with Crippen molar-refractivity contribution in [2.75, 3.05) is 7.11 Å². The van der Waals surface area contributed by atoms with E-state index in [9.17, 15) is 14.4 Å². The molecule has 1 amide bonds. The summed E-state index contributed by atoms with van der Waals surface area (Å²) in [4.78, 5) is 37.2. The van der Waals surface area contributed by atoms with E-state index in [-0.39, 0.29) is 17.9 Å². The van der Waals surface area contributed by atoms with Gasteiger partial charge in [-0.1, -0.05) is 36.4 Å². The minimum atomic E-state index is -0.410. The highest BCUT2D eigenvalue weighted by Gasteiger charge is 2.13. The number of benzene rings is 3. The lowest BCUT2D eigenvalue weighted by Crippen LogP contribution is -2.25. The Morgan fingerprint density at radius 2 is 1.56 bits per heavy atom. The molecule has 0 aliphatic heterocycles. The molecule has 0 fully saturated rings. The zero-order chi connectivity index (χ0) is 25.1. The molecule has 0 bridgehead atoms. The van der Waals surface area contributed by atoms with Crippen molar-refractivity contribution in [3.63, 3.8) is 0 Å². The summed E-state index contributed by atoms with van der Waals surface area (Å²) in [5.41, 5.74) is 5.03. The number of aromatic nitrogens is 1. The van der Waals surface area contributed by atoms with Crippen LogP contribution in [0.25, 0.3) is 33.1 Å². The average molecular weight is 479 g/mol.